The lowest BCUT2D eigenvalue weighted by Gasteiger charge is -2.23. The second-order valence-electron chi connectivity index (χ2n) is 3.63. The van der Waals surface area contributed by atoms with Crippen LogP contribution in [0.3, 0.4) is 0 Å². The summed E-state index contributed by atoms with van der Waals surface area (Å²) in [6.45, 7) is 0.684. The van der Waals surface area contributed by atoms with Crippen molar-refractivity contribution < 1.29 is 9.90 Å². The monoisotopic (exact) mass is 286 g/mol. The number of carboxylic acid groups (broad SMARTS) is 1. The van der Waals surface area contributed by atoms with Gasteiger partial charge in [0.15, 0.2) is 0 Å². The van der Waals surface area contributed by atoms with Gasteiger partial charge < -0.3 is 10.8 Å². The molecule has 0 amide bonds. The van der Waals surface area contributed by atoms with Crippen LogP contribution in [0.4, 0.5) is 0 Å². The van der Waals surface area contributed by atoms with Crippen LogP contribution in [0.1, 0.15) is 5.56 Å². The third kappa shape index (κ3) is 3.59. The van der Waals surface area contributed by atoms with Crippen LogP contribution in [0.15, 0.2) is 28.7 Å². The van der Waals surface area contributed by atoms with Gasteiger partial charge >= 0.3 is 5.97 Å². The van der Waals surface area contributed by atoms with E-state index in [4.69, 9.17) is 10.8 Å². The molecule has 0 aliphatic heterocycles. The van der Waals surface area contributed by atoms with Gasteiger partial charge in [-0.2, -0.15) is 0 Å². The van der Waals surface area contributed by atoms with Crippen molar-refractivity contribution in [3.8, 4) is 0 Å². The van der Waals surface area contributed by atoms with E-state index in [2.05, 4.69) is 15.9 Å². The molecule has 0 heterocycles. The number of benzene rings is 1. The zero-order valence-corrected chi connectivity index (χ0v) is 10.6. The van der Waals surface area contributed by atoms with Gasteiger partial charge in [0, 0.05) is 17.6 Å². The lowest BCUT2D eigenvalue weighted by atomic mass is 10.2. The highest BCUT2D eigenvalue weighted by atomic mass is 79.9. The number of carboxylic acids is 1. The SMILES string of the molecule is CN(Cc1ccc(Br)cc1)C(CN)C(=O)O. The summed E-state index contributed by atoms with van der Waals surface area (Å²) >= 11 is 3.35. The predicted octanol–water partition coefficient (Wildman–Crippen LogP) is 1.29. The van der Waals surface area contributed by atoms with Crippen LogP contribution in [0.2, 0.25) is 0 Å². The molecule has 1 atom stereocenters. The van der Waals surface area contributed by atoms with Gasteiger partial charge in [-0.3, -0.25) is 9.69 Å². The van der Waals surface area contributed by atoms with Crippen molar-refractivity contribution >= 4 is 21.9 Å². The molecule has 0 radical (unpaired) electrons. The molecule has 0 spiro atoms. The van der Waals surface area contributed by atoms with Crippen LogP contribution in [0.25, 0.3) is 0 Å². The molecule has 1 rings (SSSR count). The molecule has 1 aromatic carbocycles. The van der Waals surface area contributed by atoms with E-state index in [0.29, 0.717) is 6.54 Å². The number of hydrogen-bond acceptors (Lipinski definition) is 3. The van der Waals surface area contributed by atoms with Gasteiger partial charge in [-0.15, -0.1) is 0 Å². The normalized spacial score (nSPS) is 12.8. The quantitative estimate of drug-likeness (QED) is 0.856. The van der Waals surface area contributed by atoms with Gasteiger partial charge in [-0.05, 0) is 24.7 Å². The molecule has 5 heteroatoms. The fourth-order valence-electron chi connectivity index (χ4n) is 1.46. The number of rotatable bonds is 5. The highest BCUT2D eigenvalue weighted by molar-refractivity contribution is 9.10. The van der Waals surface area contributed by atoms with E-state index in [9.17, 15) is 4.79 Å². The van der Waals surface area contributed by atoms with Crippen molar-refractivity contribution in [3.63, 3.8) is 0 Å². The smallest absolute Gasteiger partial charge is 0.322 e. The van der Waals surface area contributed by atoms with Crippen LogP contribution in [-0.2, 0) is 11.3 Å². The van der Waals surface area contributed by atoms with Crippen LogP contribution >= 0.6 is 15.9 Å². The van der Waals surface area contributed by atoms with Crippen LogP contribution in [0, 0.1) is 0 Å². The topological polar surface area (TPSA) is 66.6 Å². The lowest BCUT2D eigenvalue weighted by Crippen LogP contribution is -2.43. The zero-order chi connectivity index (χ0) is 12.1. The number of carbonyl (C=O) groups is 1. The molecule has 0 aromatic heterocycles. The van der Waals surface area contributed by atoms with E-state index in [0.717, 1.165) is 10.0 Å². The summed E-state index contributed by atoms with van der Waals surface area (Å²) in [5.41, 5.74) is 6.48. The van der Waals surface area contributed by atoms with E-state index in [1.54, 1.807) is 11.9 Å². The molecular weight excluding hydrogens is 272 g/mol. The molecule has 0 saturated heterocycles. The molecular formula is C11H15BrN2O2. The van der Waals surface area contributed by atoms with Crippen LogP contribution in [0.5, 0.6) is 0 Å². The van der Waals surface area contributed by atoms with Gasteiger partial charge in [0.25, 0.3) is 0 Å². The Balaban J connectivity index is 2.66. The van der Waals surface area contributed by atoms with Crippen molar-refractivity contribution in [2.75, 3.05) is 13.6 Å². The average molecular weight is 287 g/mol. The number of likely N-dealkylation sites (N-methyl/N-ethyl adjacent to an activating group) is 1. The third-order valence-electron chi connectivity index (χ3n) is 2.39. The fourth-order valence-corrected chi connectivity index (χ4v) is 1.72. The van der Waals surface area contributed by atoms with Gasteiger partial charge in [-0.1, -0.05) is 28.1 Å². The number of hydrogen-bond donors (Lipinski definition) is 2. The van der Waals surface area contributed by atoms with Crippen molar-refractivity contribution in [1.29, 1.82) is 0 Å². The van der Waals surface area contributed by atoms with Gasteiger partial charge in [0.2, 0.25) is 0 Å². The maximum absolute atomic E-state index is 10.9. The molecule has 0 aliphatic carbocycles. The van der Waals surface area contributed by atoms with E-state index >= 15 is 0 Å². The minimum Gasteiger partial charge on any atom is -0.480 e. The Morgan fingerprint density at radius 3 is 2.50 bits per heavy atom. The summed E-state index contributed by atoms with van der Waals surface area (Å²) in [7, 11) is 1.76. The summed E-state index contributed by atoms with van der Waals surface area (Å²) in [6.07, 6.45) is 0. The highest BCUT2D eigenvalue weighted by Crippen LogP contribution is 2.12. The number of halogens is 1. The first-order valence-corrected chi connectivity index (χ1v) is 5.71. The second kappa shape index (κ2) is 5.98. The number of nitrogens with two attached hydrogens (primary N) is 1. The molecule has 1 unspecified atom stereocenters. The van der Waals surface area contributed by atoms with Gasteiger partial charge in [-0.25, -0.2) is 0 Å². The molecule has 4 nitrogen and oxygen atoms in total. The van der Waals surface area contributed by atoms with E-state index in [1.165, 1.54) is 0 Å². The minimum atomic E-state index is -0.887. The molecule has 0 bridgehead atoms. The molecule has 88 valence electrons. The average Bonchev–Trinajstić information content (AvgIpc) is 2.22. The summed E-state index contributed by atoms with van der Waals surface area (Å²) in [5, 5.41) is 8.94. The summed E-state index contributed by atoms with van der Waals surface area (Å²) in [6, 6.07) is 7.14. The van der Waals surface area contributed by atoms with E-state index in [-0.39, 0.29) is 6.54 Å². The summed E-state index contributed by atoms with van der Waals surface area (Å²) < 4.78 is 1.01. The number of nitrogens with zero attached hydrogens (tertiary/aromatic N) is 1. The maximum Gasteiger partial charge on any atom is 0.322 e. The zero-order valence-electron chi connectivity index (χ0n) is 9.06. The maximum atomic E-state index is 10.9. The predicted molar refractivity (Wildman–Crippen MR) is 66.1 cm³/mol. The Hall–Kier alpha value is -0.910. The molecule has 16 heavy (non-hydrogen) atoms. The highest BCUT2D eigenvalue weighted by Gasteiger charge is 2.20. The Bertz CT molecular complexity index is 354. The Morgan fingerprint density at radius 2 is 2.06 bits per heavy atom. The first kappa shape index (κ1) is 13.2. The van der Waals surface area contributed by atoms with Crippen molar-refractivity contribution in [1.82, 2.24) is 4.90 Å². The molecule has 1 aromatic rings. The minimum absolute atomic E-state index is 0.113. The molecule has 0 aliphatic rings. The van der Waals surface area contributed by atoms with Crippen LogP contribution < -0.4 is 5.73 Å². The van der Waals surface area contributed by atoms with E-state index < -0.39 is 12.0 Å². The Kier molecular flexibility index (Phi) is 4.92. The third-order valence-corrected chi connectivity index (χ3v) is 2.91. The standard InChI is InChI=1S/C11H15BrN2O2/c1-14(10(6-13)11(15)16)7-8-2-4-9(12)5-3-8/h2-5,10H,6-7,13H2,1H3,(H,15,16). The first-order valence-electron chi connectivity index (χ1n) is 4.92. The van der Waals surface area contributed by atoms with Gasteiger partial charge in [0.1, 0.15) is 6.04 Å². The van der Waals surface area contributed by atoms with Gasteiger partial charge in [0.05, 0.1) is 0 Å². The Morgan fingerprint density at radius 1 is 1.50 bits per heavy atom. The van der Waals surface area contributed by atoms with Crippen molar-refractivity contribution in [2.24, 2.45) is 5.73 Å². The fraction of sp³-hybridized carbons (Fsp3) is 0.364. The summed E-state index contributed by atoms with van der Waals surface area (Å²) in [5.74, 6) is -0.887. The van der Waals surface area contributed by atoms with E-state index in [1.807, 2.05) is 24.3 Å². The first-order chi connectivity index (χ1) is 7.54. The lowest BCUT2D eigenvalue weighted by molar-refractivity contribution is -0.142. The summed E-state index contributed by atoms with van der Waals surface area (Å²) in [4.78, 5) is 12.6. The number of aliphatic carboxylic acids is 1. The van der Waals surface area contributed by atoms with Crippen molar-refractivity contribution in [3.05, 3.63) is 34.3 Å². The largest absolute Gasteiger partial charge is 0.480 e. The Labute approximate surface area is 103 Å². The molecule has 0 saturated carbocycles. The van der Waals surface area contributed by atoms with Crippen LogP contribution in [-0.4, -0.2) is 35.6 Å². The van der Waals surface area contributed by atoms with Crippen molar-refractivity contribution in [2.45, 2.75) is 12.6 Å². The molecule has 3 N–H and O–H groups in total. The second-order valence-corrected chi connectivity index (χ2v) is 4.55. The molecule has 0 fully saturated rings.